The Bertz CT molecular complexity index is 1200. The molecule has 0 atom stereocenters. The van der Waals surface area contributed by atoms with Gasteiger partial charge in [0.15, 0.2) is 0 Å². The predicted molar refractivity (Wildman–Crippen MR) is 120 cm³/mol. The summed E-state index contributed by atoms with van der Waals surface area (Å²) < 4.78 is 0. The van der Waals surface area contributed by atoms with Crippen molar-refractivity contribution in [3.05, 3.63) is 101 Å². The van der Waals surface area contributed by atoms with Gasteiger partial charge in [0, 0.05) is 12.5 Å². The van der Waals surface area contributed by atoms with Crippen LogP contribution < -0.4 is 4.90 Å². The van der Waals surface area contributed by atoms with Gasteiger partial charge in [-0.15, -0.1) is 0 Å². The van der Waals surface area contributed by atoms with Crippen molar-refractivity contribution in [2.24, 2.45) is 0 Å². The maximum absolute atomic E-state index is 14.0. The van der Waals surface area contributed by atoms with Crippen molar-refractivity contribution >= 4 is 29.4 Å². The molecule has 0 aromatic heterocycles. The first kappa shape index (κ1) is 22.0. The molecule has 0 unspecified atom stereocenters. The maximum atomic E-state index is 14.0. The third-order valence-corrected chi connectivity index (χ3v) is 5.87. The standard InChI is InChI=1S/C26H21NO6/c1-16(28)27-22-5-3-2-4-21(22)26(25(27)33,19-10-6-17(7-11-19)14-23(29)30)20-12-8-18(9-13-20)15-24(31)32/h2-13H,14-15H2,1H3,(H,29,30)(H,31,32). The Morgan fingerprint density at radius 3 is 1.64 bits per heavy atom. The number of hydrogen-bond donors (Lipinski definition) is 2. The Labute approximate surface area is 189 Å². The third kappa shape index (κ3) is 3.67. The number of aliphatic carboxylic acids is 2. The van der Waals surface area contributed by atoms with E-state index in [2.05, 4.69) is 0 Å². The Kier molecular flexibility index (Phi) is 5.55. The fourth-order valence-corrected chi connectivity index (χ4v) is 4.51. The van der Waals surface area contributed by atoms with Gasteiger partial charge in [-0.1, -0.05) is 66.7 Å². The van der Waals surface area contributed by atoms with Gasteiger partial charge in [0.1, 0.15) is 5.41 Å². The van der Waals surface area contributed by atoms with Crippen molar-refractivity contribution in [1.29, 1.82) is 0 Å². The SMILES string of the molecule is CC(=O)N1C(=O)C(c2ccc(CC(=O)O)cc2)(c2ccc(CC(=O)O)cc2)c2ccccc21. The molecule has 0 aliphatic carbocycles. The van der Waals surface area contributed by atoms with Crippen LogP contribution in [0.4, 0.5) is 5.69 Å². The van der Waals surface area contributed by atoms with Crippen molar-refractivity contribution < 1.29 is 29.4 Å². The highest BCUT2D eigenvalue weighted by atomic mass is 16.4. The van der Waals surface area contributed by atoms with Crippen molar-refractivity contribution in [3.8, 4) is 0 Å². The van der Waals surface area contributed by atoms with Crippen LogP contribution in [0.2, 0.25) is 0 Å². The average molecular weight is 443 g/mol. The molecule has 0 radical (unpaired) electrons. The minimum atomic E-state index is -1.34. The van der Waals surface area contributed by atoms with Crippen LogP contribution in [0.3, 0.4) is 0 Å². The summed E-state index contributed by atoms with van der Waals surface area (Å²) in [5, 5.41) is 18.2. The Balaban J connectivity index is 1.96. The number of amides is 2. The zero-order chi connectivity index (χ0) is 23.8. The second kappa shape index (κ2) is 8.35. The highest BCUT2D eigenvalue weighted by Crippen LogP contribution is 2.50. The lowest BCUT2D eigenvalue weighted by molar-refractivity contribution is -0.137. The van der Waals surface area contributed by atoms with E-state index in [1.165, 1.54) is 6.92 Å². The molecule has 0 saturated heterocycles. The summed E-state index contributed by atoms with van der Waals surface area (Å²) in [6, 6.07) is 20.6. The summed E-state index contributed by atoms with van der Waals surface area (Å²) in [6.07, 6.45) is -0.303. The first-order valence-corrected chi connectivity index (χ1v) is 10.3. The highest BCUT2D eigenvalue weighted by molar-refractivity contribution is 6.25. The average Bonchev–Trinajstić information content (AvgIpc) is 3.03. The van der Waals surface area contributed by atoms with Crippen LogP contribution in [0.1, 0.15) is 34.7 Å². The van der Waals surface area contributed by atoms with Crippen molar-refractivity contribution in [1.82, 2.24) is 0 Å². The number of fused-ring (bicyclic) bond motifs is 1. The Hall–Kier alpha value is -4.26. The van der Waals surface area contributed by atoms with Gasteiger partial charge in [-0.05, 0) is 28.3 Å². The van der Waals surface area contributed by atoms with Crippen molar-refractivity contribution in [3.63, 3.8) is 0 Å². The topological polar surface area (TPSA) is 112 Å². The molecule has 1 aliphatic rings. The van der Waals surface area contributed by atoms with Crippen molar-refractivity contribution in [2.75, 3.05) is 4.90 Å². The smallest absolute Gasteiger partial charge is 0.307 e. The molecule has 33 heavy (non-hydrogen) atoms. The molecule has 166 valence electrons. The number of imide groups is 1. The molecule has 3 aromatic rings. The van der Waals surface area contributed by atoms with E-state index in [0.29, 0.717) is 33.5 Å². The molecule has 1 aliphatic heterocycles. The van der Waals surface area contributed by atoms with Gasteiger partial charge in [-0.25, -0.2) is 4.90 Å². The van der Waals surface area contributed by atoms with Crippen LogP contribution in [0.25, 0.3) is 0 Å². The molecule has 0 saturated carbocycles. The minimum Gasteiger partial charge on any atom is -0.481 e. The second-order valence-electron chi connectivity index (χ2n) is 7.96. The van der Waals surface area contributed by atoms with Gasteiger partial charge in [0.2, 0.25) is 5.91 Å². The van der Waals surface area contributed by atoms with Gasteiger partial charge in [-0.3, -0.25) is 19.2 Å². The molecule has 4 rings (SSSR count). The van der Waals surface area contributed by atoms with Crippen LogP contribution in [0.5, 0.6) is 0 Å². The number of hydrogen-bond acceptors (Lipinski definition) is 4. The molecule has 7 nitrogen and oxygen atoms in total. The van der Waals surface area contributed by atoms with E-state index in [1.807, 2.05) is 0 Å². The molecule has 0 spiro atoms. The second-order valence-corrected chi connectivity index (χ2v) is 7.96. The lowest BCUT2D eigenvalue weighted by Crippen LogP contribution is -2.44. The number of para-hydroxylation sites is 1. The number of benzene rings is 3. The fourth-order valence-electron chi connectivity index (χ4n) is 4.51. The zero-order valence-electron chi connectivity index (χ0n) is 17.8. The Morgan fingerprint density at radius 1 is 0.758 bits per heavy atom. The van der Waals surface area contributed by atoms with E-state index >= 15 is 0 Å². The van der Waals surface area contributed by atoms with Gasteiger partial charge in [-0.2, -0.15) is 0 Å². The monoisotopic (exact) mass is 443 g/mol. The number of carboxylic acids is 2. The molecule has 0 fully saturated rings. The van der Waals surface area contributed by atoms with Crippen LogP contribution in [0.15, 0.2) is 72.8 Å². The van der Waals surface area contributed by atoms with E-state index < -0.39 is 29.2 Å². The molecule has 2 N–H and O–H groups in total. The Morgan fingerprint density at radius 2 is 1.21 bits per heavy atom. The summed E-state index contributed by atoms with van der Waals surface area (Å²) in [7, 11) is 0. The molecule has 1 heterocycles. The van der Waals surface area contributed by atoms with Gasteiger partial charge < -0.3 is 10.2 Å². The number of carbonyl (C=O) groups is 4. The normalized spacial score (nSPS) is 14.1. The number of carbonyl (C=O) groups excluding carboxylic acids is 2. The molecule has 3 aromatic carbocycles. The molecule has 2 amide bonds. The summed E-state index contributed by atoms with van der Waals surface area (Å²) >= 11 is 0. The molecular weight excluding hydrogens is 422 g/mol. The number of anilines is 1. The van der Waals surface area contributed by atoms with E-state index in [9.17, 15) is 19.2 Å². The maximum Gasteiger partial charge on any atom is 0.307 e. The summed E-state index contributed by atoms with van der Waals surface area (Å²) in [4.78, 5) is 49.8. The van der Waals surface area contributed by atoms with Gasteiger partial charge >= 0.3 is 11.9 Å². The van der Waals surface area contributed by atoms with Crippen molar-refractivity contribution in [2.45, 2.75) is 25.2 Å². The largest absolute Gasteiger partial charge is 0.481 e. The first-order chi connectivity index (χ1) is 15.7. The number of rotatable bonds is 6. The van der Waals surface area contributed by atoms with Crippen LogP contribution in [-0.4, -0.2) is 34.0 Å². The lowest BCUT2D eigenvalue weighted by atomic mass is 9.70. The first-order valence-electron chi connectivity index (χ1n) is 10.3. The quantitative estimate of drug-likeness (QED) is 0.605. The molecule has 7 heteroatoms. The van der Waals surface area contributed by atoms with Crippen LogP contribution in [0, 0.1) is 0 Å². The van der Waals surface area contributed by atoms with E-state index in [4.69, 9.17) is 10.2 Å². The number of nitrogens with zero attached hydrogens (tertiary/aromatic N) is 1. The highest BCUT2D eigenvalue weighted by Gasteiger charge is 2.54. The molecular formula is C26H21NO6. The fraction of sp³-hybridized carbons (Fsp3) is 0.154. The number of carboxylic acid groups (broad SMARTS) is 2. The lowest BCUT2D eigenvalue weighted by Gasteiger charge is -2.30. The van der Waals surface area contributed by atoms with Crippen LogP contribution in [-0.2, 0) is 37.4 Å². The minimum absolute atomic E-state index is 0.152. The zero-order valence-corrected chi connectivity index (χ0v) is 17.8. The van der Waals surface area contributed by atoms with E-state index in [1.54, 1.807) is 72.8 Å². The molecule has 0 bridgehead atoms. The summed E-state index contributed by atoms with van der Waals surface area (Å²) in [6.45, 7) is 1.33. The predicted octanol–water partition coefficient (Wildman–Crippen LogP) is 3.17. The van der Waals surface area contributed by atoms with E-state index in [-0.39, 0.29) is 12.8 Å². The third-order valence-electron chi connectivity index (χ3n) is 5.87. The van der Waals surface area contributed by atoms with Gasteiger partial charge in [0.25, 0.3) is 5.91 Å². The summed E-state index contributed by atoms with van der Waals surface area (Å²) in [5.74, 6) is -2.78. The summed E-state index contributed by atoms with van der Waals surface area (Å²) in [5.41, 5.74) is 2.11. The van der Waals surface area contributed by atoms with Gasteiger partial charge in [0.05, 0.1) is 18.5 Å². The van der Waals surface area contributed by atoms with Crippen LogP contribution >= 0.6 is 0 Å². The van der Waals surface area contributed by atoms with E-state index in [0.717, 1.165) is 4.90 Å².